The molecular formula is C14H15NO5S. The molecule has 1 aliphatic heterocycles. The zero-order valence-corrected chi connectivity index (χ0v) is 11.9. The van der Waals surface area contributed by atoms with Gasteiger partial charge in [0.15, 0.2) is 0 Å². The van der Waals surface area contributed by atoms with Gasteiger partial charge >= 0.3 is 11.9 Å². The summed E-state index contributed by atoms with van der Waals surface area (Å²) in [6.45, 7) is 0. The van der Waals surface area contributed by atoms with E-state index in [2.05, 4.69) is 5.32 Å². The standard InChI is InChI=1S/C14H15NO5S/c16-12(17)6-5-9(14(19)20)15-13(18)11-7-8-3-1-2-4-10(8)21-11/h1-4,9,11H,5-7H2,(H,15,18)(H,16,17)(H,19,20)/t9-,11?/m0/s1. The first-order valence-electron chi connectivity index (χ1n) is 6.47. The van der Waals surface area contributed by atoms with E-state index in [1.165, 1.54) is 11.8 Å². The van der Waals surface area contributed by atoms with Crippen molar-refractivity contribution in [2.45, 2.75) is 35.4 Å². The number of carboxylic acids is 2. The van der Waals surface area contributed by atoms with Crippen LogP contribution in [0, 0.1) is 0 Å². The van der Waals surface area contributed by atoms with E-state index in [1.807, 2.05) is 24.3 Å². The monoisotopic (exact) mass is 309 g/mol. The maximum Gasteiger partial charge on any atom is 0.326 e. The van der Waals surface area contributed by atoms with Crippen LogP contribution in [0.5, 0.6) is 0 Å². The fraction of sp³-hybridized carbons (Fsp3) is 0.357. The first-order chi connectivity index (χ1) is 9.97. The summed E-state index contributed by atoms with van der Waals surface area (Å²) in [5, 5.41) is 19.7. The van der Waals surface area contributed by atoms with E-state index in [0.717, 1.165) is 10.5 Å². The Labute approximate surface area is 125 Å². The smallest absolute Gasteiger partial charge is 0.326 e. The Bertz CT molecular complexity index is 549. The van der Waals surface area contributed by atoms with Gasteiger partial charge in [-0.3, -0.25) is 9.59 Å². The van der Waals surface area contributed by atoms with E-state index < -0.39 is 18.0 Å². The number of aliphatic carboxylic acids is 2. The molecule has 0 saturated heterocycles. The number of carboxylic acid groups (broad SMARTS) is 2. The lowest BCUT2D eigenvalue weighted by Gasteiger charge is -2.16. The predicted molar refractivity (Wildman–Crippen MR) is 76.2 cm³/mol. The summed E-state index contributed by atoms with van der Waals surface area (Å²) in [5.74, 6) is -2.67. The molecule has 0 fully saturated rings. The zero-order valence-electron chi connectivity index (χ0n) is 11.1. The molecule has 6 nitrogen and oxygen atoms in total. The van der Waals surface area contributed by atoms with Gasteiger partial charge in [-0.15, -0.1) is 11.8 Å². The fourth-order valence-electron chi connectivity index (χ4n) is 2.12. The SMILES string of the molecule is O=C(O)CC[C@H](NC(=O)C1Cc2ccccc2S1)C(=O)O. The van der Waals surface area contributed by atoms with Crippen molar-refractivity contribution in [1.29, 1.82) is 0 Å². The van der Waals surface area contributed by atoms with Gasteiger partial charge in [0.2, 0.25) is 5.91 Å². The van der Waals surface area contributed by atoms with Crippen LogP contribution >= 0.6 is 11.8 Å². The Morgan fingerprint density at radius 2 is 2.00 bits per heavy atom. The second kappa shape index (κ2) is 6.62. The summed E-state index contributed by atoms with van der Waals surface area (Å²) in [6.07, 6.45) is 0.133. The molecule has 21 heavy (non-hydrogen) atoms. The minimum Gasteiger partial charge on any atom is -0.481 e. The van der Waals surface area contributed by atoms with E-state index in [4.69, 9.17) is 10.2 Å². The lowest BCUT2D eigenvalue weighted by molar-refractivity contribution is -0.143. The summed E-state index contributed by atoms with van der Waals surface area (Å²) in [4.78, 5) is 34.7. The van der Waals surface area contributed by atoms with Crippen LogP contribution in [-0.2, 0) is 20.8 Å². The minimum absolute atomic E-state index is 0.124. The van der Waals surface area contributed by atoms with Crippen molar-refractivity contribution in [1.82, 2.24) is 5.32 Å². The molecule has 112 valence electrons. The average molecular weight is 309 g/mol. The molecule has 0 spiro atoms. The van der Waals surface area contributed by atoms with Crippen molar-refractivity contribution in [3.8, 4) is 0 Å². The first-order valence-corrected chi connectivity index (χ1v) is 7.35. The van der Waals surface area contributed by atoms with Gasteiger partial charge in [0.1, 0.15) is 6.04 Å². The summed E-state index contributed by atoms with van der Waals surface area (Å²) >= 11 is 1.40. The summed E-state index contributed by atoms with van der Waals surface area (Å²) in [5.41, 5.74) is 1.07. The van der Waals surface area contributed by atoms with Gasteiger partial charge in [0.05, 0.1) is 5.25 Å². The van der Waals surface area contributed by atoms with Gasteiger partial charge < -0.3 is 15.5 Å². The maximum absolute atomic E-state index is 12.1. The van der Waals surface area contributed by atoms with Crippen molar-refractivity contribution < 1.29 is 24.6 Å². The number of fused-ring (bicyclic) bond motifs is 1. The highest BCUT2D eigenvalue weighted by Crippen LogP contribution is 2.36. The molecule has 3 N–H and O–H groups in total. The van der Waals surface area contributed by atoms with Gasteiger partial charge in [0, 0.05) is 11.3 Å². The molecule has 0 aliphatic carbocycles. The molecule has 1 unspecified atom stereocenters. The number of benzene rings is 1. The number of amides is 1. The summed E-state index contributed by atoms with van der Waals surface area (Å²) in [7, 11) is 0. The van der Waals surface area contributed by atoms with Crippen LogP contribution in [0.3, 0.4) is 0 Å². The average Bonchev–Trinajstić information content (AvgIpc) is 2.86. The first kappa shape index (κ1) is 15.4. The van der Waals surface area contributed by atoms with E-state index in [1.54, 1.807) is 0 Å². The van der Waals surface area contributed by atoms with Gasteiger partial charge in [-0.2, -0.15) is 0 Å². The van der Waals surface area contributed by atoms with Crippen LogP contribution in [0.25, 0.3) is 0 Å². The Balaban J connectivity index is 1.94. The molecular weight excluding hydrogens is 294 g/mol. The molecule has 0 bridgehead atoms. The Morgan fingerprint density at radius 3 is 2.62 bits per heavy atom. The highest BCUT2D eigenvalue weighted by Gasteiger charge is 2.31. The fourth-order valence-corrected chi connectivity index (χ4v) is 3.32. The van der Waals surface area contributed by atoms with Crippen molar-refractivity contribution in [3.63, 3.8) is 0 Å². The molecule has 1 aromatic rings. The predicted octanol–water partition coefficient (Wildman–Crippen LogP) is 1.14. The number of hydrogen-bond acceptors (Lipinski definition) is 4. The maximum atomic E-state index is 12.1. The lowest BCUT2D eigenvalue weighted by Crippen LogP contribution is -2.44. The molecule has 1 amide bonds. The molecule has 2 rings (SSSR count). The summed E-state index contributed by atoms with van der Waals surface area (Å²) < 4.78 is 0. The molecule has 1 heterocycles. The van der Waals surface area contributed by atoms with Crippen LogP contribution in [0.1, 0.15) is 18.4 Å². The Kier molecular flexibility index (Phi) is 4.85. The van der Waals surface area contributed by atoms with Crippen molar-refractivity contribution in [3.05, 3.63) is 29.8 Å². The van der Waals surface area contributed by atoms with Crippen molar-refractivity contribution >= 4 is 29.6 Å². The normalized spacial score (nSPS) is 17.8. The number of carbonyl (C=O) groups excluding carboxylic acids is 1. The van der Waals surface area contributed by atoms with E-state index in [0.29, 0.717) is 6.42 Å². The van der Waals surface area contributed by atoms with Gasteiger partial charge in [-0.05, 0) is 24.5 Å². The van der Waals surface area contributed by atoms with Crippen LogP contribution < -0.4 is 5.32 Å². The number of hydrogen-bond donors (Lipinski definition) is 3. The number of nitrogens with one attached hydrogen (secondary N) is 1. The van der Waals surface area contributed by atoms with E-state index in [9.17, 15) is 14.4 Å². The number of carbonyl (C=O) groups is 3. The molecule has 0 aromatic heterocycles. The van der Waals surface area contributed by atoms with Gasteiger partial charge in [-0.25, -0.2) is 4.79 Å². The molecule has 2 atom stereocenters. The van der Waals surface area contributed by atoms with Crippen LogP contribution in [0.4, 0.5) is 0 Å². The van der Waals surface area contributed by atoms with Gasteiger partial charge in [-0.1, -0.05) is 18.2 Å². The highest BCUT2D eigenvalue weighted by atomic mass is 32.2. The van der Waals surface area contributed by atoms with Crippen molar-refractivity contribution in [2.75, 3.05) is 0 Å². The summed E-state index contributed by atoms with van der Waals surface area (Å²) in [6, 6.07) is 6.48. The lowest BCUT2D eigenvalue weighted by atomic mass is 10.1. The van der Waals surface area contributed by atoms with Crippen LogP contribution in [0.15, 0.2) is 29.2 Å². The topological polar surface area (TPSA) is 104 Å². The highest BCUT2D eigenvalue weighted by molar-refractivity contribution is 8.01. The Hall–Kier alpha value is -2.02. The molecule has 1 aromatic carbocycles. The zero-order chi connectivity index (χ0) is 15.4. The molecule has 1 aliphatic rings. The number of thioether (sulfide) groups is 1. The molecule has 7 heteroatoms. The van der Waals surface area contributed by atoms with Gasteiger partial charge in [0.25, 0.3) is 0 Å². The minimum atomic E-state index is -1.22. The van der Waals surface area contributed by atoms with E-state index in [-0.39, 0.29) is 24.0 Å². The van der Waals surface area contributed by atoms with Crippen LogP contribution in [-0.4, -0.2) is 39.4 Å². The third-order valence-electron chi connectivity index (χ3n) is 3.20. The second-order valence-corrected chi connectivity index (χ2v) is 5.99. The third kappa shape index (κ3) is 3.98. The second-order valence-electron chi connectivity index (χ2n) is 4.75. The number of rotatable bonds is 6. The molecule has 0 saturated carbocycles. The molecule has 0 radical (unpaired) electrons. The Morgan fingerprint density at radius 1 is 1.29 bits per heavy atom. The third-order valence-corrected chi connectivity index (χ3v) is 4.52. The van der Waals surface area contributed by atoms with E-state index >= 15 is 0 Å². The largest absolute Gasteiger partial charge is 0.481 e. The van der Waals surface area contributed by atoms with Crippen LogP contribution in [0.2, 0.25) is 0 Å². The van der Waals surface area contributed by atoms with Crippen molar-refractivity contribution in [2.24, 2.45) is 0 Å². The quantitative estimate of drug-likeness (QED) is 0.728.